The zero-order valence-electron chi connectivity index (χ0n) is 10.6. The molecule has 94 valence electrons. The maximum atomic E-state index is 11.4. The quantitative estimate of drug-likeness (QED) is 0.637. The third kappa shape index (κ3) is 5.70. The molecule has 0 fully saturated rings. The summed E-state index contributed by atoms with van der Waals surface area (Å²) in [5.74, 6) is -0.426. The van der Waals surface area contributed by atoms with Crippen LogP contribution in [-0.2, 0) is 14.3 Å². The molecular formula is C11H22N2O3. The Bertz CT molecular complexity index is 231. The van der Waals surface area contributed by atoms with Gasteiger partial charge in [0.15, 0.2) is 0 Å². The number of amides is 1. The van der Waals surface area contributed by atoms with E-state index in [1.807, 2.05) is 6.92 Å². The molecule has 0 aliphatic rings. The predicted molar refractivity (Wildman–Crippen MR) is 62.0 cm³/mol. The summed E-state index contributed by atoms with van der Waals surface area (Å²) in [7, 11) is 1.75. The number of hydrogen-bond acceptors (Lipinski definition) is 4. The smallest absolute Gasteiger partial charge is 0.309 e. The molecular weight excluding hydrogens is 208 g/mol. The number of esters is 1. The van der Waals surface area contributed by atoms with Crippen LogP contribution in [0.3, 0.4) is 0 Å². The van der Waals surface area contributed by atoms with Crippen molar-refractivity contribution in [2.75, 3.05) is 33.3 Å². The lowest BCUT2D eigenvalue weighted by Gasteiger charge is -2.16. The summed E-state index contributed by atoms with van der Waals surface area (Å²) in [6, 6.07) is 0. The Morgan fingerprint density at radius 1 is 1.38 bits per heavy atom. The van der Waals surface area contributed by atoms with Crippen molar-refractivity contribution >= 4 is 11.9 Å². The molecule has 0 aromatic carbocycles. The number of hydrogen-bond donors (Lipinski definition) is 1. The average Bonchev–Trinajstić information content (AvgIpc) is 2.27. The molecule has 0 aromatic heterocycles. The first-order valence-corrected chi connectivity index (χ1v) is 5.64. The van der Waals surface area contributed by atoms with Crippen LogP contribution in [0.25, 0.3) is 0 Å². The molecule has 0 aliphatic heterocycles. The highest BCUT2D eigenvalue weighted by Crippen LogP contribution is 1.96. The maximum absolute atomic E-state index is 11.4. The number of ether oxygens (including phenoxy) is 1. The summed E-state index contributed by atoms with van der Waals surface area (Å²) in [4.78, 5) is 24.3. The van der Waals surface area contributed by atoms with E-state index in [1.165, 1.54) is 0 Å². The number of carbonyl (C=O) groups excluding carboxylic acids is 2. The van der Waals surface area contributed by atoms with Crippen molar-refractivity contribution in [2.45, 2.75) is 20.8 Å². The van der Waals surface area contributed by atoms with Gasteiger partial charge in [-0.3, -0.25) is 9.59 Å². The van der Waals surface area contributed by atoms with Crippen molar-refractivity contribution in [3.05, 3.63) is 0 Å². The van der Waals surface area contributed by atoms with Gasteiger partial charge in [0.25, 0.3) is 0 Å². The van der Waals surface area contributed by atoms with Crippen molar-refractivity contribution in [3.63, 3.8) is 0 Å². The lowest BCUT2D eigenvalue weighted by atomic mass is 10.2. The second-order valence-corrected chi connectivity index (χ2v) is 3.69. The fourth-order valence-corrected chi connectivity index (χ4v) is 1.07. The topological polar surface area (TPSA) is 58.6 Å². The molecule has 0 bridgehead atoms. The molecule has 0 spiro atoms. The first kappa shape index (κ1) is 14.9. The van der Waals surface area contributed by atoms with Crippen LogP contribution in [0.5, 0.6) is 0 Å². The van der Waals surface area contributed by atoms with E-state index in [9.17, 15) is 9.59 Å². The van der Waals surface area contributed by atoms with Gasteiger partial charge in [0.1, 0.15) is 0 Å². The molecule has 0 heterocycles. The average molecular weight is 230 g/mol. The predicted octanol–water partition coefficient (Wildman–Crippen LogP) is 0.254. The maximum Gasteiger partial charge on any atom is 0.309 e. The number of nitrogens with one attached hydrogen (secondary N) is 1. The SMILES string of the molecule is CCOC(=O)C(C)CNCC(=O)N(C)CC. The molecule has 0 saturated heterocycles. The first-order chi connectivity index (χ1) is 7.52. The fraction of sp³-hybridized carbons (Fsp3) is 0.818. The van der Waals surface area contributed by atoms with Crippen LogP contribution >= 0.6 is 0 Å². The molecule has 1 amide bonds. The summed E-state index contributed by atoms with van der Waals surface area (Å²) in [6.45, 7) is 7.26. The monoisotopic (exact) mass is 230 g/mol. The Morgan fingerprint density at radius 2 is 2.00 bits per heavy atom. The minimum atomic E-state index is -0.230. The van der Waals surface area contributed by atoms with E-state index in [0.29, 0.717) is 19.7 Å². The number of nitrogens with zero attached hydrogens (tertiary/aromatic N) is 1. The molecule has 5 heteroatoms. The molecule has 0 radical (unpaired) electrons. The minimum absolute atomic E-state index is 0.0264. The van der Waals surface area contributed by atoms with Crippen LogP contribution in [0, 0.1) is 5.92 Å². The lowest BCUT2D eigenvalue weighted by Crippen LogP contribution is -2.38. The molecule has 0 aromatic rings. The summed E-state index contributed by atoms with van der Waals surface area (Å²) in [5.41, 5.74) is 0. The molecule has 16 heavy (non-hydrogen) atoms. The molecule has 0 rings (SSSR count). The third-order valence-corrected chi connectivity index (χ3v) is 2.32. The third-order valence-electron chi connectivity index (χ3n) is 2.32. The number of rotatable bonds is 7. The summed E-state index contributed by atoms with van der Waals surface area (Å²) >= 11 is 0. The Morgan fingerprint density at radius 3 is 2.50 bits per heavy atom. The van der Waals surface area contributed by atoms with Gasteiger partial charge < -0.3 is 15.0 Å². The number of likely N-dealkylation sites (N-methyl/N-ethyl adjacent to an activating group) is 1. The zero-order valence-corrected chi connectivity index (χ0v) is 10.6. The van der Waals surface area contributed by atoms with E-state index in [-0.39, 0.29) is 24.3 Å². The second kappa shape index (κ2) is 8.10. The van der Waals surface area contributed by atoms with E-state index in [2.05, 4.69) is 5.32 Å². The second-order valence-electron chi connectivity index (χ2n) is 3.69. The van der Waals surface area contributed by atoms with Crippen molar-refractivity contribution in [2.24, 2.45) is 5.92 Å². The van der Waals surface area contributed by atoms with Gasteiger partial charge in [0.2, 0.25) is 5.91 Å². The van der Waals surface area contributed by atoms with Gasteiger partial charge in [-0.1, -0.05) is 6.92 Å². The van der Waals surface area contributed by atoms with Crippen molar-refractivity contribution in [1.29, 1.82) is 0 Å². The summed E-state index contributed by atoms with van der Waals surface area (Å²) in [6.07, 6.45) is 0. The fourth-order valence-electron chi connectivity index (χ4n) is 1.07. The van der Waals surface area contributed by atoms with Gasteiger partial charge in [-0.25, -0.2) is 0 Å². The molecule has 1 N–H and O–H groups in total. The normalized spacial score (nSPS) is 12.0. The zero-order chi connectivity index (χ0) is 12.6. The van der Waals surface area contributed by atoms with Crippen LogP contribution in [0.2, 0.25) is 0 Å². The standard InChI is InChI=1S/C11H22N2O3/c1-5-13(4)10(14)8-12-7-9(3)11(15)16-6-2/h9,12H,5-8H2,1-4H3. The molecule has 0 saturated carbocycles. The van der Waals surface area contributed by atoms with Crippen molar-refractivity contribution in [3.8, 4) is 0 Å². The van der Waals surface area contributed by atoms with E-state index >= 15 is 0 Å². The van der Waals surface area contributed by atoms with Crippen LogP contribution in [0.1, 0.15) is 20.8 Å². The Labute approximate surface area is 97.1 Å². The largest absolute Gasteiger partial charge is 0.466 e. The highest BCUT2D eigenvalue weighted by Gasteiger charge is 2.14. The van der Waals surface area contributed by atoms with Gasteiger partial charge in [0, 0.05) is 20.1 Å². The Kier molecular flexibility index (Phi) is 7.54. The van der Waals surface area contributed by atoms with E-state index in [4.69, 9.17) is 4.74 Å². The van der Waals surface area contributed by atoms with E-state index in [1.54, 1.807) is 25.8 Å². The number of carbonyl (C=O) groups is 2. The highest BCUT2D eigenvalue weighted by atomic mass is 16.5. The van der Waals surface area contributed by atoms with E-state index < -0.39 is 0 Å². The van der Waals surface area contributed by atoms with Gasteiger partial charge in [0.05, 0.1) is 19.1 Å². The minimum Gasteiger partial charge on any atom is -0.466 e. The highest BCUT2D eigenvalue weighted by molar-refractivity contribution is 5.78. The molecule has 1 atom stereocenters. The van der Waals surface area contributed by atoms with Crippen LogP contribution in [0.15, 0.2) is 0 Å². The van der Waals surface area contributed by atoms with Crippen LogP contribution < -0.4 is 5.32 Å². The summed E-state index contributed by atoms with van der Waals surface area (Å²) in [5, 5.41) is 2.95. The Hall–Kier alpha value is -1.10. The Balaban J connectivity index is 3.73. The molecule has 0 aliphatic carbocycles. The first-order valence-electron chi connectivity index (χ1n) is 5.64. The van der Waals surface area contributed by atoms with Crippen molar-refractivity contribution < 1.29 is 14.3 Å². The van der Waals surface area contributed by atoms with Gasteiger partial charge in [-0.15, -0.1) is 0 Å². The van der Waals surface area contributed by atoms with Crippen molar-refractivity contribution in [1.82, 2.24) is 10.2 Å². The molecule has 1 unspecified atom stereocenters. The van der Waals surface area contributed by atoms with Gasteiger partial charge >= 0.3 is 5.97 Å². The van der Waals surface area contributed by atoms with Gasteiger partial charge in [-0.05, 0) is 13.8 Å². The van der Waals surface area contributed by atoms with Crippen LogP contribution in [-0.4, -0.2) is 50.1 Å². The van der Waals surface area contributed by atoms with Gasteiger partial charge in [-0.2, -0.15) is 0 Å². The molecule has 5 nitrogen and oxygen atoms in total. The summed E-state index contributed by atoms with van der Waals surface area (Å²) < 4.78 is 4.86. The lowest BCUT2D eigenvalue weighted by molar-refractivity contribution is -0.147. The van der Waals surface area contributed by atoms with E-state index in [0.717, 1.165) is 0 Å². The van der Waals surface area contributed by atoms with Crippen LogP contribution in [0.4, 0.5) is 0 Å².